The van der Waals surface area contributed by atoms with Gasteiger partial charge in [0.1, 0.15) is 0 Å². The summed E-state index contributed by atoms with van der Waals surface area (Å²) < 4.78 is 44.2. The van der Waals surface area contributed by atoms with Crippen LogP contribution in [0.1, 0.15) is 18.0 Å². The lowest BCUT2D eigenvalue weighted by atomic mass is 9.95. The second kappa shape index (κ2) is 9.27. The number of nitrogens with one attached hydrogen (secondary N) is 2. The van der Waals surface area contributed by atoms with E-state index in [0.29, 0.717) is 59.1 Å². The van der Waals surface area contributed by atoms with E-state index in [-0.39, 0.29) is 12.1 Å². The van der Waals surface area contributed by atoms with Crippen molar-refractivity contribution in [3.05, 3.63) is 82.1 Å². The summed E-state index contributed by atoms with van der Waals surface area (Å²) in [5.74, 6) is 0. The number of hydrogen-bond donors (Lipinski definition) is 3. The lowest BCUT2D eigenvalue weighted by Crippen LogP contribution is -2.44. The van der Waals surface area contributed by atoms with Crippen molar-refractivity contribution in [2.75, 3.05) is 26.2 Å². The molecule has 3 aromatic rings. The van der Waals surface area contributed by atoms with Gasteiger partial charge in [-0.1, -0.05) is 12.1 Å². The number of aromatic nitrogens is 2. The first kappa shape index (κ1) is 23.8. The minimum absolute atomic E-state index is 0.172. The zero-order valence-corrected chi connectivity index (χ0v) is 19.3. The van der Waals surface area contributed by atoms with Gasteiger partial charge in [-0.05, 0) is 29.8 Å². The maximum absolute atomic E-state index is 14.3. The van der Waals surface area contributed by atoms with Crippen molar-refractivity contribution in [3.63, 3.8) is 0 Å². The summed E-state index contributed by atoms with van der Waals surface area (Å²) in [4.78, 5) is 19.4. The quantitative estimate of drug-likeness (QED) is 0.379. The summed E-state index contributed by atoms with van der Waals surface area (Å²) >= 11 is 0. The van der Waals surface area contributed by atoms with Crippen molar-refractivity contribution in [2.45, 2.75) is 18.6 Å². The number of halogens is 3. The van der Waals surface area contributed by atoms with Gasteiger partial charge in [-0.3, -0.25) is 9.78 Å². The number of hydrogen-bond acceptors (Lipinski definition) is 6. The molecule has 2 aliphatic rings. The highest BCUT2D eigenvalue weighted by Gasteiger charge is 2.40. The summed E-state index contributed by atoms with van der Waals surface area (Å²) in [6.07, 6.45) is 2.35. The largest absolute Gasteiger partial charge is 0.414 e. The molecule has 186 valence electrons. The molecule has 1 atom stereocenters. The molecule has 0 amide bonds. The van der Waals surface area contributed by atoms with Crippen LogP contribution in [0.4, 0.5) is 13.2 Å². The number of allylic oxidation sites excluding steroid dienone is 4. The van der Waals surface area contributed by atoms with Gasteiger partial charge in [0, 0.05) is 79.3 Å². The van der Waals surface area contributed by atoms with Crippen LogP contribution in [0.3, 0.4) is 0 Å². The van der Waals surface area contributed by atoms with Gasteiger partial charge in [-0.25, -0.2) is 0 Å². The fourth-order valence-electron chi connectivity index (χ4n) is 5.00. The summed E-state index contributed by atoms with van der Waals surface area (Å²) in [5, 5.41) is 12.0. The minimum atomic E-state index is -4.53. The Balaban J connectivity index is 1.69. The Morgan fingerprint density at radius 2 is 1.97 bits per heavy atom. The first-order valence-corrected chi connectivity index (χ1v) is 11.6. The topological polar surface area (TPSA) is 100 Å². The molecule has 7 nitrogen and oxygen atoms in total. The summed E-state index contributed by atoms with van der Waals surface area (Å²) in [7, 11) is 0. The van der Waals surface area contributed by atoms with Gasteiger partial charge in [0.05, 0.1) is 22.6 Å². The molecule has 1 saturated heterocycles. The van der Waals surface area contributed by atoms with E-state index in [2.05, 4.69) is 10.3 Å². The fourth-order valence-corrected chi connectivity index (χ4v) is 5.00. The third-order valence-electron chi connectivity index (χ3n) is 6.75. The molecule has 1 fully saturated rings. The van der Waals surface area contributed by atoms with Crippen molar-refractivity contribution in [1.29, 1.82) is 5.41 Å². The summed E-state index contributed by atoms with van der Waals surface area (Å²) in [6.45, 7) is 2.21. The van der Waals surface area contributed by atoms with Crippen LogP contribution in [-0.2, 0) is 0 Å². The summed E-state index contributed by atoms with van der Waals surface area (Å²) in [5.41, 5.74) is 7.00. The molecule has 1 aliphatic heterocycles. The Morgan fingerprint density at radius 1 is 1.19 bits per heavy atom. The van der Waals surface area contributed by atoms with Gasteiger partial charge in [0.25, 0.3) is 5.56 Å². The van der Waals surface area contributed by atoms with Crippen LogP contribution in [0.5, 0.6) is 0 Å². The third-order valence-corrected chi connectivity index (χ3v) is 6.75. The van der Waals surface area contributed by atoms with Crippen LogP contribution in [0, 0.1) is 5.41 Å². The molecule has 1 aromatic carbocycles. The number of alkyl halides is 3. The molecule has 0 spiro atoms. The minimum Gasteiger partial charge on any atom is -0.404 e. The molecule has 1 unspecified atom stereocenters. The number of benzene rings is 1. The Morgan fingerprint density at radius 3 is 2.67 bits per heavy atom. The van der Waals surface area contributed by atoms with Gasteiger partial charge < -0.3 is 25.9 Å². The molecule has 1 aliphatic carbocycles. The monoisotopic (exact) mass is 494 g/mol. The van der Waals surface area contributed by atoms with E-state index in [9.17, 15) is 18.0 Å². The third kappa shape index (κ3) is 4.17. The number of rotatable bonds is 4. The standard InChI is InChI=1S/C26H25F3N6O/c27-26(28,29)21-12-19(3-5-23(21)34-9-7-32-8-10-34)35-24(36)6-2-17-15-33-22-4-1-16(18(13-30)14-31)11-20(22)25(17)35/h1-6,11,13-15,19,30,32H,7-10,12,31H2/b18-14+,30-13?. The molecular formula is C26H25F3N6O. The lowest BCUT2D eigenvalue weighted by Gasteiger charge is -2.35. The lowest BCUT2D eigenvalue weighted by molar-refractivity contribution is -0.0970. The molecule has 0 radical (unpaired) electrons. The zero-order valence-electron chi connectivity index (χ0n) is 19.3. The highest BCUT2D eigenvalue weighted by Crippen LogP contribution is 2.40. The molecule has 5 rings (SSSR count). The van der Waals surface area contributed by atoms with Crippen molar-refractivity contribution < 1.29 is 13.2 Å². The van der Waals surface area contributed by atoms with Crippen molar-refractivity contribution in [1.82, 2.24) is 19.8 Å². The molecule has 10 heteroatoms. The van der Waals surface area contributed by atoms with Gasteiger partial charge in [-0.15, -0.1) is 0 Å². The van der Waals surface area contributed by atoms with Crippen molar-refractivity contribution in [3.8, 4) is 0 Å². The van der Waals surface area contributed by atoms with Gasteiger partial charge in [0.15, 0.2) is 0 Å². The maximum atomic E-state index is 14.3. The van der Waals surface area contributed by atoms with Crippen LogP contribution in [-0.4, -0.2) is 53.0 Å². The predicted octanol–water partition coefficient (Wildman–Crippen LogP) is 3.72. The highest BCUT2D eigenvalue weighted by molar-refractivity contribution is 6.11. The second-order valence-corrected chi connectivity index (χ2v) is 8.83. The molecule has 4 N–H and O–H groups in total. The average molecular weight is 495 g/mol. The van der Waals surface area contributed by atoms with Crippen LogP contribution in [0.15, 0.2) is 70.9 Å². The van der Waals surface area contributed by atoms with Gasteiger partial charge in [-0.2, -0.15) is 13.2 Å². The maximum Gasteiger partial charge on any atom is 0.414 e. The van der Waals surface area contributed by atoms with Crippen molar-refractivity contribution in [2.24, 2.45) is 5.73 Å². The van der Waals surface area contributed by atoms with E-state index >= 15 is 0 Å². The second-order valence-electron chi connectivity index (χ2n) is 8.83. The molecule has 0 saturated carbocycles. The number of nitrogens with two attached hydrogens (primary N) is 1. The highest BCUT2D eigenvalue weighted by atomic mass is 19.4. The number of piperazine rings is 1. The van der Waals surface area contributed by atoms with E-state index in [1.807, 2.05) is 0 Å². The van der Waals surface area contributed by atoms with Crippen LogP contribution in [0.25, 0.3) is 27.4 Å². The molecular weight excluding hydrogens is 469 g/mol. The fraction of sp³-hybridized carbons (Fsp3) is 0.269. The summed E-state index contributed by atoms with van der Waals surface area (Å²) in [6, 6.07) is 7.44. The van der Waals surface area contributed by atoms with Crippen molar-refractivity contribution >= 4 is 33.6 Å². The Hall–Kier alpha value is -3.92. The smallest absolute Gasteiger partial charge is 0.404 e. The normalized spacial score (nSPS) is 19.4. The van der Waals surface area contributed by atoms with Gasteiger partial charge >= 0.3 is 6.18 Å². The first-order valence-electron chi connectivity index (χ1n) is 11.6. The van der Waals surface area contributed by atoms with Crippen LogP contribution >= 0.6 is 0 Å². The van der Waals surface area contributed by atoms with E-state index < -0.39 is 23.4 Å². The van der Waals surface area contributed by atoms with E-state index in [0.717, 1.165) is 6.21 Å². The number of fused-ring (bicyclic) bond motifs is 3. The van der Waals surface area contributed by atoms with E-state index in [4.69, 9.17) is 11.1 Å². The zero-order chi connectivity index (χ0) is 25.4. The van der Waals surface area contributed by atoms with E-state index in [1.165, 1.54) is 22.9 Å². The Labute approximate surface area is 204 Å². The molecule has 0 bridgehead atoms. The molecule has 2 aromatic heterocycles. The average Bonchev–Trinajstić information content (AvgIpc) is 2.89. The SMILES string of the molecule is N=C/C(=C\N)c1ccc2ncc3ccc(=O)n(C4C=CC(N5CCNCC5)=C(C(F)(F)F)C4)c3c2c1. The van der Waals surface area contributed by atoms with Crippen LogP contribution < -0.4 is 16.6 Å². The predicted molar refractivity (Wildman–Crippen MR) is 135 cm³/mol. The van der Waals surface area contributed by atoms with Gasteiger partial charge in [0.2, 0.25) is 0 Å². The molecule has 36 heavy (non-hydrogen) atoms. The first-order chi connectivity index (χ1) is 17.3. The van der Waals surface area contributed by atoms with Crippen LogP contribution in [0.2, 0.25) is 0 Å². The number of nitrogens with zero attached hydrogens (tertiary/aromatic N) is 3. The number of pyridine rings is 2. The van der Waals surface area contributed by atoms with E-state index in [1.54, 1.807) is 41.4 Å². The Kier molecular flexibility index (Phi) is 6.13. The molecule has 3 heterocycles. The Bertz CT molecular complexity index is 1500.